The zero-order chi connectivity index (χ0) is 13.5. The highest BCUT2D eigenvalue weighted by atomic mass is 16.5. The van der Waals surface area contributed by atoms with Crippen LogP contribution in [0.4, 0.5) is 0 Å². The Morgan fingerprint density at radius 2 is 1.89 bits per heavy atom. The maximum Gasteiger partial charge on any atom is 0.0468 e. The van der Waals surface area contributed by atoms with E-state index in [1.54, 1.807) is 0 Å². The number of hydrogen-bond donors (Lipinski definition) is 1. The molecule has 0 aromatic heterocycles. The first-order chi connectivity index (χ1) is 9.31. The molecule has 1 aromatic rings. The summed E-state index contributed by atoms with van der Waals surface area (Å²) in [7, 11) is 0. The molecule has 19 heavy (non-hydrogen) atoms. The van der Waals surface area contributed by atoms with Gasteiger partial charge in [0.2, 0.25) is 0 Å². The lowest BCUT2D eigenvalue weighted by Gasteiger charge is -2.31. The minimum atomic E-state index is 0.573. The average molecular weight is 261 g/mol. The van der Waals surface area contributed by atoms with E-state index in [4.69, 9.17) is 4.74 Å². The highest BCUT2D eigenvalue weighted by Gasteiger charge is 2.23. The fraction of sp³-hybridized carbons (Fsp3) is 0.647. The van der Waals surface area contributed by atoms with Crippen molar-refractivity contribution < 1.29 is 4.74 Å². The summed E-state index contributed by atoms with van der Waals surface area (Å²) >= 11 is 0. The van der Waals surface area contributed by atoms with Crippen LogP contribution in [0.1, 0.15) is 44.6 Å². The van der Waals surface area contributed by atoms with Gasteiger partial charge in [-0.1, -0.05) is 44.2 Å². The van der Waals surface area contributed by atoms with E-state index >= 15 is 0 Å². The molecular formula is C17H27NO. The van der Waals surface area contributed by atoms with Crippen molar-refractivity contribution in [2.24, 2.45) is 5.92 Å². The van der Waals surface area contributed by atoms with Gasteiger partial charge in [0.15, 0.2) is 0 Å². The van der Waals surface area contributed by atoms with Gasteiger partial charge < -0.3 is 10.1 Å². The molecule has 1 aliphatic rings. The van der Waals surface area contributed by atoms with Gasteiger partial charge in [0.05, 0.1) is 0 Å². The number of ether oxygens (including phenoxy) is 1. The van der Waals surface area contributed by atoms with E-state index < -0.39 is 0 Å². The van der Waals surface area contributed by atoms with Gasteiger partial charge in [-0.05, 0) is 43.2 Å². The third-order valence-electron chi connectivity index (χ3n) is 4.32. The van der Waals surface area contributed by atoms with E-state index in [9.17, 15) is 0 Å². The van der Waals surface area contributed by atoms with E-state index in [0.717, 1.165) is 25.7 Å². The Kier molecular flexibility index (Phi) is 5.87. The highest BCUT2D eigenvalue weighted by Crippen LogP contribution is 2.27. The zero-order valence-electron chi connectivity index (χ0n) is 12.3. The monoisotopic (exact) mass is 261 g/mol. The third-order valence-corrected chi connectivity index (χ3v) is 4.32. The zero-order valence-corrected chi connectivity index (χ0v) is 12.3. The molecule has 2 rings (SSSR count). The van der Waals surface area contributed by atoms with E-state index in [2.05, 4.69) is 49.5 Å². The van der Waals surface area contributed by atoms with E-state index in [-0.39, 0.29) is 0 Å². The summed E-state index contributed by atoms with van der Waals surface area (Å²) in [6, 6.07) is 11.5. The summed E-state index contributed by atoms with van der Waals surface area (Å²) in [5.74, 6) is 1.40. The van der Waals surface area contributed by atoms with Crippen LogP contribution in [-0.2, 0) is 4.74 Å². The molecule has 1 fully saturated rings. The predicted molar refractivity (Wildman–Crippen MR) is 80.5 cm³/mol. The molecule has 106 valence electrons. The predicted octanol–water partition coefficient (Wildman–Crippen LogP) is 3.58. The fourth-order valence-electron chi connectivity index (χ4n) is 3.06. The number of nitrogens with one attached hydrogen (secondary N) is 1. The molecule has 0 bridgehead atoms. The first kappa shape index (κ1) is 14.5. The second-order valence-electron chi connectivity index (χ2n) is 5.65. The van der Waals surface area contributed by atoms with Crippen LogP contribution in [0, 0.1) is 5.92 Å². The number of benzene rings is 1. The van der Waals surface area contributed by atoms with Crippen molar-refractivity contribution in [1.82, 2.24) is 5.32 Å². The lowest BCUT2D eigenvalue weighted by Crippen LogP contribution is -2.36. The van der Waals surface area contributed by atoms with Gasteiger partial charge in [0.1, 0.15) is 0 Å². The van der Waals surface area contributed by atoms with Gasteiger partial charge >= 0.3 is 0 Å². The SMILES string of the molecule is CCNC(CC1CCOCC1)C(C)c1ccccc1. The van der Waals surface area contributed by atoms with Crippen molar-refractivity contribution in [2.75, 3.05) is 19.8 Å². The molecule has 0 aliphatic carbocycles. The van der Waals surface area contributed by atoms with Gasteiger partial charge in [0.25, 0.3) is 0 Å². The molecule has 2 heteroatoms. The van der Waals surface area contributed by atoms with Gasteiger partial charge in [-0.25, -0.2) is 0 Å². The number of rotatable bonds is 6. The van der Waals surface area contributed by atoms with E-state index in [1.165, 1.54) is 24.8 Å². The molecular weight excluding hydrogens is 234 g/mol. The molecule has 1 saturated heterocycles. The normalized spacial score (nSPS) is 20.1. The summed E-state index contributed by atoms with van der Waals surface area (Å²) in [6.45, 7) is 7.49. The van der Waals surface area contributed by atoms with Crippen LogP contribution < -0.4 is 5.32 Å². The van der Waals surface area contributed by atoms with Crippen molar-refractivity contribution in [1.29, 1.82) is 0 Å². The topological polar surface area (TPSA) is 21.3 Å². The minimum Gasteiger partial charge on any atom is -0.381 e. The van der Waals surface area contributed by atoms with Crippen molar-refractivity contribution in [2.45, 2.75) is 45.1 Å². The van der Waals surface area contributed by atoms with Crippen molar-refractivity contribution >= 4 is 0 Å². The molecule has 0 amide bonds. The number of likely N-dealkylation sites (N-methyl/N-ethyl adjacent to an activating group) is 1. The van der Waals surface area contributed by atoms with Gasteiger partial charge in [-0.15, -0.1) is 0 Å². The first-order valence-electron chi connectivity index (χ1n) is 7.67. The second kappa shape index (κ2) is 7.66. The molecule has 1 aromatic carbocycles. The maximum absolute atomic E-state index is 5.47. The molecule has 1 aliphatic heterocycles. The second-order valence-corrected chi connectivity index (χ2v) is 5.65. The van der Waals surface area contributed by atoms with Crippen LogP contribution in [0.25, 0.3) is 0 Å². The van der Waals surface area contributed by atoms with Crippen LogP contribution >= 0.6 is 0 Å². The average Bonchev–Trinajstić information content (AvgIpc) is 2.48. The van der Waals surface area contributed by atoms with Crippen molar-refractivity contribution in [3.05, 3.63) is 35.9 Å². The van der Waals surface area contributed by atoms with Gasteiger partial charge in [-0.2, -0.15) is 0 Å². The Morgan fingerprint density at radius 1 is 1.21 bits per heavy atom. The molecule has 2 unspecified atom stereocenters. The Morgan fingerprint density at radius 3 is 2.53 bits per heavy atom. The fourth-order valence-corrected chi connectivity index (χ4v) is 3.06. The summed E-state index contributed by atoms with van der Waals surface area (Å²) in [5.41, 5.74) is 1.44. The summed E-state index contributed by atoms with van der Waals surface area (Å²) in [6.07, 6.45) is 3.72. The van der Waals surface area contributed by atoms with Crippen LogP contribution in [0.15, 0.2) is 30.3 Å². The Hall–Kier alpha value is -0.860. The molecule has 1 N–H and O–H groups in total. The molecule has 0 saturated carbocycles. The van der Waals surface area contributed by atoms with Gasteiger partial charge in [0, 0.05) is 19.3 Å². The molecule has 2 atom stereocenters. The summed E-state index contributed by atoms with van der Waals surface area (Å²) in [4.78, 5) is 0. The van der Waals surface area contributed by atoms with Gasteiger partial charge in [-0.3, -0.25) is 0 Å². The van der Waals surface area contributed by atoms with Crippen molar-refractivity contribution in [3.63, 3.8) is 0 Å². The molecule has 2 nitrogen and oxygen atoms in total. The first-order valence-corrected chi connectivity index (χ1v) is 7.67. The van der Waals surface area contributed by atoms with Crippen LogP contribution in [0.2, 0.25) is 0 Å². The Labute approximate surface area is 117 Å². The Balaban J connectivity index is 1.97. The summed E-state index contributed by atoms with van der Waals surface area (Å²) < 4.78 is 5.47. The minimum absolute atomic E-state index is 0.573. The lowest BCUT2D eigenvalue weighted by atomic mass is 9.84. The molecule has 1 heterocycles. The van der Waals surface area contributed by atoms with Crippen LogP contribution in [-0.4, -0.2) is 25.8 Å². The Bertz CT molecular complexity index is 346. The standard InChI is InChI=1S/C17H27NO/c1-3-18-17(13-15-9-11-19-12-10-15)14(2)16-7-5-4-6-8-16/h4-8,14-15,17-18H,3,9-13H2,1-2H3. The van der Waals surface area contributed by atoms with E-state index in [0.29, 0.717) is 12.0 Å². The highest BCUT2D eigenvalue weighted by molar-refractivity contribution is 5.20. The largest absolute Gasteiger partial charge is 0.381 e. The lowest BCUT2D eigenvalue weighted by molar-refractivity contribution is 0.0597. The van der Waals surface area contributed by atoms with Crippen LogP contribution in [0.3, 0.4) is 0 Å². The summed E-state index contributed by atoms with van der Waals surface area (Å²) in [5, 5.41) is 3.69. The smallest absolute Gasteiger partial charge is 0.0468 e. The molecule has 0 spiro atoms. The molecule has 0 radical (unpaired) electrons. The maximum atomic E-state index is 5.47. The van der Waals surface area contributed by atoms with Crippen LogP contribution in [0.5, 0.6) is 0 Å². The quantitative estimate of drug-likeness (QED) is 0.845. The number of hydrogen-bond acceptors (Lipinski definition) is 2. The third kappa shape index (κ3) is 4.32. The van der Waals surface area contributed by atoms with E-state index in [1.807, 2.05) is 0 Å². The van der Waals surface area contributed by atoms with Crippen molar-refractivity contribution in [3.8, 4) is 0 Å².